The second-order valence-corrected chi connectivity index (χ2v) is 5.83. The Labute approximate surface area is 160 Å². The van der Waals surface area contributed by atoms with E-state index in [2.05, 4.69) is 10.6 Å². The number of aromatic hydroxyl groups is 1. The number of carboxylic acid groups (broad SMARTS) is 1. The SMILES string of the molecule is N#C/C(=C/Nc1ccc(C(=O)O)cc1)C(=O)Nc1cccc2c(O)cccc12. The fourth-order valence-corrected chi connectivity index (χ4v) is 2.61. The summed E-state index contributed by atoms with van der Waals surface area (Å²) < 4.78 is 0. The van der Waals surface area contributed by atoms with E-state index in [0.29, 0.717) is 22.1 Å². The number of nitriles is 1. The fourth-order valence-electron chi connectivity index (χ4n) is 2.61. The van der Waals surface area contributed by atoms with Crippen molar-refractivity contribution in [3.63, 3.8) is 0 Å². The second-order valence-electron chi connectivity index (χ2n) is 5.83. The topological polar surface area (TPSA) is 122 Å². The molecule has 0 saturated heterocycles. The Balaban J connectivity index is 1.79. The third kappa shape index (κ3) is 3.92. The zero-order chi connectivity index (χ0) is 20.1. The van der Waals surface area contributed by atoms with Crippen LogP contribution in [0, 0.1) is 11.3 Å². The number of nitrogens with zero attached hydrogens (tertiary/aromatic N) is 1. The molecular formula is C21H15N3O4. The van der Waals surface area contributed by atoms with Gasteiger partial charge in [-0.3, -0.25) is 4.79 Å². The van der Waals surface area contributed by atoms with Crippen LogP contribution in [0.5, 0.6) is 5.75 Å². The standard InChI is InChI=1S/C21H15N3O4/c22-11-14(12-23-15-9-7-13(8-10-15)21(27)28)20(26)24-18-5-1-4-17-16(18)3-2-6-19(17)25/h1-10,12,23,25H,(H,24,26)(H,27,28)/b14-12-. The molecule has 0 aliphatic carbocycles. The molecule has 0 radical (unpaired) electrons. The Morgan fingerprint density at radius 1 is 0.964 bits per heavy atom. The van der Waals surface area contributed by atoms with E-state index in [4.69, 9.17) is 5.11 Å². The maximum Gasteiger partial charge on any atom is 0.335 e. The van der Waals surface area contributed by atoms with Crippen molar-refractivity contribution in [3.8, 4) is 11.8 Å². The molecule has 3 aromatic rings. The number of nitrogens with one attached hydrogen (secondary N) is 2. The van der Waals surface area contributed by atoms with Crippen molar-refractivity contribution in [2.75, 3.05) is 10.6 Å². The first kappa shape index (κ1) is 18.5. The fraction of sp³-hybridized carbons (Fsp3) is 0. The third-order valence-electron chi connectivity index (χ3n) is 4.03. The molecular weight excluding hydrogens is 358 g/mol. The van der Waals surface area contributed by atoms with Crippen molar-refractivity contribution in [1.29, 1.82) is 5.26 Å². The van der Waals surface area contributed by atoms with E-state index in [9.17, 15) is 20.0 Å². The Bertz CT molecular complexity index is 1130. The van der Waals surface area contributed by atoms with Gasteiger partial charge in [0.15, 0.2) is 0 Å². The lowest BCUT2D eigenvalue weighted by atomic mass is 10.1. The molecule has 0 aromatic heterocycles. The third-order valence-corrected chi connectivity index (χ3v) is 4.03. The Morgan fingerprint density at radius 2 is 1.64 bits per heavy atom. The number of anilines is 2. The maximum atomic E-state index is 12.5. The molecule has 0 aliphatic rings. The molecule has 138 valence electrons. The van der Waals surface area contributed by atoms with Crippen LogP contribution < -0.4 is 10.6 Å². The summed E-state index contributed by atoms with van der Waals surface area (Å²) in [5.41, 5.74) is 0.956. The van der Waals surface area contributed by atoms with E-state index in [-0.39, 0.29) is 16.9 Å². The number of aromatic carboxylic acids is 1. The number of fused-ring (bicyclic) bond motifs is 1. The molecule has 0 atom stereocenters. The van der Waals surface area contributed by atoms with Crippen molar-refractivity contribution in [2.24, 2.45) is 0 Å². The Hall–Kier alpha value is -4.31. The van der Waals surface area contributed by atoms with Crippen LogP contribution in [0.1, 0.15) is 10.4 Å². The molecule has 0 bridgehead atoms. The molecule has 0 spiro atoms. The maximum absolute atomic E-state index is 12.5. The Morgan fingerprint density at radius 3 is 2.32 bits per heavy atom. The highest BCUT2D eigenvalue weighted by Gasteiger charge is 2.12. The summed E-state index contributed by atoms with van der Waals surface area (Å²) in [5, 5.41) is 34.8. The van der Waals surface area contributed by atoms with Crippen LogP contribution in [0.2, 0.25) is 0 Å². The number of carbonyl (C=O) groups is 2. The largest absolute Gasteiger partial charge is 0.507 e. The first-order chi connectivity index (χ1) is 13.5. The summed E-state index contributed by atoms with van der Waals surface area (Å²) in [6.45, 7) is 0. The smallest absolute Gasteiger partial charge is 0.335 e. The average Bonchev–Trinajstić information content (AvgIpc) is 2.69. The number of hydrogen-bond donors (Lipinski definition) is 4. The van der Waals surface area contributed by atoms with Gasteiger partial charge in [-0.25, -0.2) is 4.79 Å². The quantitative estimate of drug-likeness (QED) is 0.399. The highest BCUT2D eigenvalue weighted by Crippen LogP contribution is 2.29. The molecule has 7 heteroatoms. The molecule has 7 nitrogen and oxygen atoms in total. The van der Waals surface area contributed by atoms with Gasteiger partial charge < -0.3 is 20.8 Å². The lowest BCUT2D eigenvalue weighted by molar-refractivity contribution is -0.112. The minimum atomic E-state index is -1.04. The lowest BCUT2D eigenvalue weighted by Gasteiger charge is -2.09. The van der Waals surface area contributed by atoms with E-state index in [0.717, 1.165) is 0 Å². The Kier molecular flexibility index (Phi) is 5.23. The van der Waals surface area contributed by atoms with Gasteiger partial charge in [0.2, 0.25) is 0 Å². The second kappa shape index (κ2) is 7.93. The summed E-state index contributed by atoms with van der Waals surface area (Å²) in [6, 6.07) is 17.8. The number of carbonyl (C=O) groups excluding carboxylic acids is 1. The van der Waals surface area contributed by atoms with Gasteiger partial charge in [0.25, 0.3) is 5.91 Å². The predicted octanol–water partition coefficient (Wildman–Crippen LogP) is 3.70. The molecule has 1 amide bonds. The minimum Gasteiger partial charge on any atom is -0.507 e. The molecule has 0 heterocycles. The summed E-state index contributed by atoms with van der Waals surface area (Å²) in [5.74, 6) is -1.57. The molecule has 0 unspecified atom stereocenters. The average molecular weight is 373 g/mol. The number of carboxylic acids is 1. The summed E-state index contributed by atoms with van der Waals surface area (Å²) in [7, 11) is 0. The van der Waals surface area contributed by atoms with Crippen molar-refractivity contribution < 1.29 is 19.8 Å². The zero-order valence-electron chi connectivity index (χ0n) is 14.5. The normalized spacial score (nSPS) is 10.9. The van der Waals surface area contributed by atoms with Crippen LogP contribution >= 0.6 is 0 Å². The number of hydrogen-bond acceptors (Lipinski definition) is 5. The van der Waals surface area contributed by atoms with Crippen molar-refractivity contribution in [1.82, 2.24) is 0 Å². The number of amides is 1. The van der Waals surface area contributed by atoms with E-state index in [1.54, 1.807) is 36.4 Å². The monoisotopic (exact) mass is 373 g/mol. The molecule has 3 rings (SSSR count). The molecule has 28 heavy (non-hydrogen) atoms. The summed E-state index contributed by atoms with van der Waals surface area (Å²) >= 11 is 0. The molecule has 0 saturated carbocycles. The zero-order valence-corrected chi connectivity index (χ0v) is 14.5. The van der Waals surface area contributed by atoms with Gasteiger partial charge >= 0.3 is 5.97 Å². The highest BCUT2D eigenvalue weighted by molar-refractivity contribution is 6.11. The van der Waals surface area contributed by atoms with Gasteiger partial charge in [0, 0.05) is 28.3 Å². The van der Waals surface area contributed by atoms with E-state index in [1.807, 2.05) is 6.07 Å². The van der Waals surface area contributed by atoms with Crippen LogP contribution in [0.3, 0.4) is 0 Å². The predicted molar refractivity (Wildman–Crippen MR) is 105 cm³/mol. The van der Waals surface area contributed by atoms with Gasteiger partial charge in [0.1, 0.15) is 17.4 Å². The van der Waals surface area contributed by atoms with Gasteiger partial charge in [-0.1, -0.05) is 24.3 Å². The molecule has 0 fully saturated rings. The molecule has 3 aromatic carbocycles. The van der Waals surface area contributed by atoms with Crippen molar-refractivity contribution >= 4 is 34.0 Å². The highest BCUT2D eigenvalue weighted by atomic mass is 16.4. The molecule has 0 aliphatic heterocycles. The van der Waals surface area contributed by atoms with Crippen LogP contribution in [-0.4, -0.2) is 22.1 Å². The number of phenolic OH excluding ortho intramolecular Hbond substituents is 1. The van der Waals surface area contributed by atoms with E-state index < -0.39 is 11.9 Å². The van der Waals surface area contributed by atoms with E-state index >= 15 is 0 Å². The van der Waals surface area contributed by atoms with Crippen LogP contribution in [0.4, 0.5) is 11.4 Å². The lowest BCUT2D eigenvalue weighted by Crippen LogP contribution is -2.14. The first-order valence-electron chi connectivity index (χ1n) is 8.22. The molecule has 4 N–H and O–H groups in total. The van der Waals surface area contributed by atoms with Crippen LogP contribution in [0.25, 0.3) is 10.8 Å². The van der Waals surface area contributed by atoms with Crippen molar-refractivity contribution in [2.45, 2.75) is 0 Å². The number of rotatable bonds is 5. The van der Waals surface area contributed by atoms with Gasteiger partial charge in [-0.05, 0) is 36.4 Å². The number of benzene rings is 3. The van der Waals surface area contributed by atoms with Crippen molar-refractivity contribution in [3.05, 3.63) is 78.0 Å². The van der Waals surface area contributed by atoms with Gasteiger partial charge in [-0.2, -0.15) is 5.26 Å². The van der Waals surface area contributed by atoms with Crippen LogP contribution in [0.15, 0.2) is 72.4 Å². The first-order valence-corrected chi connectivity index (χ1v) is 8.22. The van der Waals surface area contributed by atoms with Gasteiger partial charge in [0.05, 0.1) is 5.56 Å². The van der Waals surface area contributed by atoms with E-state index in [1.165, 1.54) is 30.5 Å². The van der Waals surface area contributed by atoms with Gasteiger partial charge in [-0.15, -0.1) is 0 Å². The number of phenols is 1. The van der Waals surface area contributed by atoms with Crippen LogP contribution in [-0.2, 0) is 4.79 Å². The summed E-state index contributed by atoms with van der Waals surface area (Å²) in [6.07, 6.45) is 1.24. The summed E-state index contributed by atoms with van der Waals surface area (Å²) in [4.78, 5) is 23.3. The minimum absolute atomic E-state index is 0.0936.